The molecular weight excluding hydrogens is 260 g/mol. The maximum atomic E-state index is 11.4. The van der Waals surface area contributed by atoms with Crippen LogP contribution in [0.5, 0.6) is 0 Å². The number of aliphatic imine (C=N–C) groups is 1. The Morgan fingerprint density at radius 1 is 1.60 bits per heavy atom. The van der Waals surface area contributed by atoms with E-state index in [4.69, 9.17) is 5.73 Å². The smallest absolute Gasteiger partial charge is 0.340 e. The number of rotatable bonds is 2. The predicted molar refractivity (Wildman–Crippen MR) is 63.4 cm³/mol. The zero-order chi connectivity index (χ0) is 11.4. The third-order valence-corrected chi connectivity index (χ3v) is 2.31. The molecule has 1 aromatic carbocycles. The minimum Gasteiger partial charge on any atom is -0.465 e. The van der Waals surface area contributed by atoms with Gasteiger partial charge in [0.15, 0.2) is 0 Å². The number of halogens is 1. The lowest BCUT2D eigenvalue weighted by molar-refractivity contribution is 0.0602. The summed E-state index contributed by atoms with van der Waals surface area (Å²) in [6.07, 6.45) is 1.59. The molecule has 1 aromatic rings. The van der Waals surface area contributed by atoms with Crippen molar-refractivity contribution >= 4 is 33.8 Å². The molecule has 0 fully saturated rings. The molecule has 2 N–H and O–H groups in total. The van der Waals surface area contributed by atoms with Crippen LogP contribution in [0.15, 0.2) is 21.6 Å². The number of ether oxygens (including phenoxy) is 1. The number of nitrogen functional groups attached to an aromatic ring is 1. The standard InChI is InChI=1S/C10H11BrN2O2/c1-13-5-6-3-7(11)4-8(9(6)12)10(14)15-2/h3-5H,12H2,1-2H3. The van der Waals surface area contributed by atoms with E-state index in [-0.39, 0.29) is 0 Å². The summed E-state index contributed by atoms with van der Waals surface area (Å²) in [7, 11) is 2.95. The van der Waals surface area contributed by atoms with Gasteiger partial charge < -0.3 is 10.5 Å². The molecule has 0 unspecified atom stereocenters. The summed E-state index contributed by atoms with van der Waals surface area (Å²) in [5.41, 5.74) is 7.20. The highest BCUT2D eigenvalue weighted by atomic mass is 79.9. The molecule has 0 heterocycles. The van der Waals surface area contributed by atoms with Crippen LogP contribution in [0, 0.1) is 0 Å². The molecule has 0 aliphatic heterocycles. The fourth-order valence-electron chi connectivity index (χ4n) is 1.16. The summed E-state index contributed by atoms with van der Waals surface area (Å²) in [4.78, 5) is 15.2. The zero-order valence-corrected chi connectivity index (χ0v) is 10.0. The van der Waals surface area contributed by atoms with Crippen LogP contribution in [0.1, 0.15) is 15.9 Å². The second-order valence-corrected chi connectivity index (χ2v) is 3.75. The number of benzene rings is 1. The molecule has 0 saturated heterocycles. The number of hydrogen-bond acceptors (Lipinski definition) is 4. The largest absolute Gasteiger partial charge is 0.465 e. The first-order chi connectivity index (χ1) is 7.10. The first-order valence-electron chi connectivity index (χ1n) is 4.19. The molecule has 0 atom stereocenters. The van der Waals surface area contributed by atoms with Gasteiger partial charge in [-0.2, -0.15) is 0 Å². The molecule has 0 aliphatic rings. The van der Waals surface area contributed by atoms with Gasteiger partial charge in [-0.15, -0.1) is 0 Å². The van der Waals surface area contributed by atoms with Gasteiger partial charge in [0.2, 0.25) is 0 Å². The van der Waals surface area contributed by atoms with E-state index in [2.05, 4.69) is 25.7 Å². The molecule has 0 saturated carbocycles. The van der Waals surface area contributed by atoms with Gasteiger partial charge >= 0.3 is 5.97 Å². The van der Waals surface area contributed by atoms with Crippen LogP contribution >= 0.6 is 15.9 Å². The first kappa shape index (κ1) is 11.7. The number of methoxy groups -OCH3 is 1. The molecule has 0 bridgehead atoms. The van der Waals surface area contributed by atoms with E-state index in [1.54, 1.807) is 25.4 Å². The summed E-state index contributed by atoms with van der Waals surface area (Å²) in [6, 6.07) is 3.41. The van der Waals surface area contributed by atoms with E-state index in [1.165, 1.54) is 7.11 Å². The van der Waals surface area contributed by atoms with Crippen molar-refractivity contribution in [1.82, 2.24) is 0 Å². The molecule has 1 rings (SSSR count). The molecule has 0 aromatic heterocycles. The number of hydrogen-bond donors (Lipinski definition) is 1. The third-order valence-electron chi connectivity index (χ3n) is 1.85. The van der Waals surface area contributed by atoms with Crippen LogP contribution in [0.25, 0.3) is 0 Å². The number of anilines is 1. The number of carbonyl (C=O) groups is 1. The summed E-state index contributed by atoms with van der Waals surface area (Å²) >= 11 is 3.29. The van der Waals surface area contributed by atoms with Crippen molar-refractivity contribution in [1.29, 1.82) is 0 Å². The van der Waals surface area contributed by atoms with Crippen molar-refractivity contribution in [2.45, 2.75) is 0 Å². The number of nitrogens with two attached hydrogens (primary N) is 1. The minimum absolute atomic E-state index is 0.335. The van der Waals surface area contributed by atoms with E-state index in [0.29, 0.717) is 16.8 Å². The Balaban J connectivity index is 3.34. The van der Waals surface area contributed by atoms with Gasteiger partial charge in [-0.3, -0.25) is 4.99 Å². The summed E-state index contributed by atoms with van der Waals surface area (Å²) in [6.45, 7) is 0. The SMILES string of the molecule is CN=Cc1cc(Br)cc(C(=O)OC)c1N. The Hall–Kier alpha value is -1.36. The fraction of sp³-hybridized carbons (Fsp3) is 0.200. The molecule has 0 amide bonds. The third kappa shape index (κ3) is 2.56. The van der Waals surface area contributed by atoms with Crippen LogP contribution in [0.2, 0.25) is 0 Å². The van der Waals surface area contributed by atoms with Gasteiger partial charge in [-0.05, 0) is 12.1 Å². The molecule has 0 aliphatic carbocycles. The normalized spacial score (nSPS) is 10.6. The summed E-state index contributed by atoms with van der Waals surface area (Å²) in [5, 5.41) is 0. The topological polar surface area (TPSA) is 64.7 Å². The van der Waals surface area contributed by atoms with E-state index in [9.17, 15) is 4.79 Å². The van der Waals surface area contributed by atoms with Gasteiger partial charge in [0.1, 0.15) is 0 Å². The maximum absolute atomic E-state index is 11.4. The van der Waals surface area contributed by atoms with Gasteiger partial charge in [0, 0.05) is 23.3 Å². The maximum Gasteiger partial charge on any atom is 0.340 e. The minimum atomic E-state index is -0.459. The van der Waals surface area contributed by atoms with Crippen molar-refractivity contribution in [3.8, 4) is 0 Å². The highest BCUT2D eigenvalue weighted by Crippen LogP contribution is 2.23. The molecule has 4 nitrogen and oxygen atoms in total. The lowest BCUT2D eigenvalue weighted by Gasteiger charge is -2.07. The lowest BCUT2D eigenvalue weighted by Crippen LogP contribution is -2.08. The van der Waals surface area contributed by atoms with Crippen LogP contribution in [-0.2, 0) is 4.74 Å². The lowest BCUT2D eigenvalue weighted by atomic mass is 10.1. The van der Waals surface area contributed by atoms with Crippen molar-refractivity contribution in [3.63, 3.8) is 0 Å². The molecular formula is C10H11BrN2O2. The van der Waals surface area contributed by atoms with Crippen molar-refractivity contribution in [2.24, 2.45) is 4.99 Å². The predicted octanol–water partition coefficient (Wildman–Crippen LogP) is 1.87. The van der Waals surface area contributed by atoms with E-state index in [0.717, 1.165) is 4.47 Å². The Morgan fingerprint density at radius 2 is 2.27 bits per heavy atom. The van der Waals surface area contributed by atoms with Crippen molar-refractivity contribution < 1.29 is 9.53 Å². The number of esters is 1. The Labute approximate surface area is 96.3 Å². The average Bonchev–Trinajstić information content (AvgIpc) is 2.22. The molecule has 0 radical (unpaired) electrons. The Bertz CT molecular complexity index is 416. The van der Waals surface area contributed by atoms with Gasteiger partial charge in [0.25, 0.3) is 0 Å². The van der Waals surface area contributed by atoms with Gasteiger partial charge in [-0.25, -0.2) is 4.79 Å². The first-order valence-corrected chi connectivity index (χ1v) is 4.99. The van der Waals surface area contributed by atoms with Gasteiger partial charge in [0.05, 0.1) is 18.4 Å². The molecule has 80 valence electrons. The quantitative estimate of drug-likeness (QED) is 0.507. The molecule has 0 spiro atoms. The zero-order valence-electron chi connectivity index (χ0n) is 8.45. The van der Waals surface area contributed by atoms with Crippen LogP contribution in [0.3, 0.4) is 0 Å². The van der Waals surface area contributed by atoms with Crippen LogP contribution < -0.4 is 5.73 Å². The van der Waals surface area contributed by atoms with Gasteiger partial charge in [-0.1, -0.05) is 15.9 Å². The summed E-state index contributed by atoms with van der Waals surface area (Å²) in [5.74, 6) is -0.459. The van der Waals surface area contributed by atoms with Crippen LogP contribution in [0.4, 0.5) is 5.69 Å². The Morgan fingerprint density at radius 3 is 2.80 bits per heavy atom. The monoisotopic (exact) mass is 270 g/mol. The second kappa shape index (κ2) is 4.93. The number of nitrogens with zero attached hydrogens (tertiary/aromatic N) is 1. The average molecular weight is 271 g/mol. The molecule has 15 heavy (non-hydrogen) atoms. The van der Waals surface area contributed by atoms with Crippen molar-refractivity contribution in [2.75, 3.05) is 19.9 Å². The van der Waals surface area contributed by atoms with E-state index >= 15 is 0 Å². The second-order valence-electron chi connectivity index (χ2n) is 2.84. The summed E-state index contributed by atoms with van der Waals surface area (Å²) < 4.78 is 5.38. The number of carbonyl (C=O) groups excluding carboxylic acids is 1. The fourth-order valence-corrected chi connectivity index (χ4v) is 1.64. The van der Waals surface area contributed by atoms with E-state index in [1.807, 2.05) is 0 Å². The van der Waals surface area contributed by atoms with Crippen molar-refractivity contribution in [3.05, 3.63) is 27.7 Å². The highest BCUT2D eigenvalue weighted by molar-refractivity contribution is 9.10. The molecule has 5 heteroatoms. The van der Waals surface area contributed by atoms with E-state index < -0.39 is 5.97 Å². The Kier molecular flexibility index (Phi) is 3.85. The van der Waals surface area contributed by atoms with Crippen LogP contribution in [-0.4, -0.2) is 26.3 Å². The highest BCUT2D eigenvalue weighted by Gasteiger charge is 2.13.